The predicted octanol–water partition coefficient (Wildman–Crippen LogP) is 5.84. The van der Waals surface area contributed by atoms with Crippen LogP contribution in [0.3, 0.4) is 0 Å². The van der Waals surface area contributed by atoms with E-state index >= 15 is 0 Å². The van der Waals surface area contributed by atoms with Crippen molar-refractivity contribution in [1.82, 2.24) is 4.90 Å². The van der Waals surface area contributed by atoms with Crippen molar-refractivity contribution in [3.63, 3.8) is 0 Å². The highest BCUT2D eigenvalue weighted by atomic mass is 16.5. The van der Waals surface area contributed by atoms with Crippen molar-refractivity contribution in [2.24, 2.45) is 5.92 Å². The van der Waals surface area contributed by atoms with Gasteiger partial charge in [0.05, 0.1) is 29.7 Å². The highest BCUT2D eigenvalue weighted by Crippen LogP contribution is 2.36. The quantitative estimate of drug-likeness (QED) is 0.0882. The molecule has 13 heteroatoms. The molecule has 4 aromatic rings. The van der Waals surface area contributed by atoms with Gasteiger partial charge in [0, 0.05) is 69.5 Å². The summed E-state index contributed by atoms with van der Waals surface area (Å²) in [4.78, 5) is 102. The molecule has 1 heterocycles. The van der Waals surface area contributed by atoms with E-state index in [-0.39, 0.29) is 75.1 Å². The molecule has 1 aliphatic heterocycles. The summed E-state index contributed by atoms with van der Waals surface area (Å²) in [7, 11) is 3.84. The molecule has 13 nitrogen and oxygen atoms in total. The first kappa shape index (κ1) is 32.6. The van der Waals surface area contributed by atoms with E-state index in [0.29, 0.717) is 25.4 Å². The average molecular weight is 662 g/mol. The first-order chi connectivity index (χ1) is 23.2. The van der Waals surface area contributed by atoms with E-state index < -0.39 is 29.3 Å². The van der Waals surface area contributed by atoms with Crippen LogP contribution in [0.4, 0.5) is 17.1 Å². The van der Waals surface area contributed by atoms with E-state index in [1.165, 1.54) is 94.8 Å². The molecule has 1 aliphatic carbocycles. The summed E-state index contributed by atoms with van der Waals surface area (Å²) < 4.78 is 7.73. The van der Waals surface area contributed by atoms with Gasteiger partial charge in [-0.1, -0.05) is 6.07 Å². The van der Waals surface area contributed by atoms with Crippen LogP contribution in [0.1, 0.15) is 69.8 Å². The monoisotopic (exact) mass is 661 g/mol. The van der Waals surface area contributed by atoms with Crippen LogP contribution < -0.4 is 4.74 Å². The summed E-state index contributed by atoms with van der Waals surface area (Å²) >= 11 is 0. The predicted molar refractivity (Wildman–Crippen MR) is 174 cm³/mol. The van der Waals surface area contributed by atoms with Crippen LogP contribution in [0.5, 0.6) is 11.5 Å². The molecular weight excluding hydrogens is 632 g/mol. The largest absolute Gasteiger partial charge is 0.457 e. The minimum absolute atomic E-state index is 0.0236. The van der Waals surface area contributed by atoms with Crippen molar-refractivity contribution in [2.45, 2.75) is 19.9 Å². The topological polar surface area (TPSA) is 158 Å². The lowest BCUT2D eigenvalue weighted by atomic mass is 9.90. The number of ether oxygens (including phenoxy) is 1. The second-order valence-electron chi connectivity index (χ2n) is 11.9. The van der Waals surface area contributed by atoms with E-state index in [0.717, 1.165) is 4.90 Å². The van der Waals surface area contributed by atoms with Crippen LogP contribution in [0.25, 0.3) is 0 Å². The van der Waals surface area contributed by atoms with Crippen LogP contribution in [0.2, 0.25) is 0 Å². The fraction of sp³-hybridized carbons (Fsp3) is 0.194. The maximum atomic E-state index is 13.5. The normalized spacial score (nSPS) is 14.9. The zero-order chi connectivity index (χ0) is 35.3. The molecule has 0 bridgehead atoms. The molecule has 6 rings (SSSR count). The number of nitroso groups, excluding NO2 is 3. The summed E-state index contributed by atoms with van der Waals surface area (Å²) in [5, 5.41) is 0. The first-order valence-electron chi connectivity index (χ1n) is 15.1. The summed E-state index contributed by atoms with van der Waals surface area (Å²) in [6.45, 7) is 1.14. The van der Waals surface area contributed by atoms with Crippen LogP contribution in [-0.2, 0) is 13.0 Å². The van der Waals surface area contributed by atoms with E-state index in [1.54, 1.807) is 6.07 Å². The third kappa shape index (κ3) is 5.86. The van der Waals surface area contributed by atoms with Gasteiger partial charge in [0.2, 0.25) is 0 Å². The fourth-order valence-corrected chi connectivity index (χ4v) is 6.13. The fourth-order valence-electron chi connectivity index (χ4n) is 6.13. The van der Waals surface area contributed by atoms with Gasteiger partial charge >= 0.3 is 0 Å². The Morgan fingerprint density at radius 3 is 1.82 bits per heavy atom. The number of hydrogen-bond donors (Lipinski definition) is 0. The van der Waals surface area contributed by atoms with Crippen molar-refractivity contribution in [3.8, 4) is 11.5 Å². The van der Waals surface area contributed by atoms with Crippen LogP contribution in [0, 0.1) is 20.6 Å². The zero-order valence-electron chi connectivity index (χ0n) is 26.9. The lowest BCUT2D eigenvalue weighted by Crippen LogP contribution is -2.29. The lowest BCUT2D eigenvalue weighted by molar-refractivity contribution is -0.437. The Bertz CT molecular complexity index is 2070. The highest BCUT2D eigenvalue weighted by molar-refractivity contribution is 6.26. The molecule has 0 radical (unpaired) electrons. The summed E-state index contributed by atoms with van der Waals surface area (Å²) in [6.07, 6.45) is -0.0236. The number of nitrogens with zero attached hydrogens (tertiary/aromatic N) is 4. The van der Waals surface area contributed by atoms with Gasteiger partial charge in [-0.25, -0.2) is 0 Å². The molecule has 2 aliphatic rings. The molecule has 0 spiro atoms. The summed E-state index contributed by atoms with van der Waals surface area (Å²) in [6, 6.07) is 17.7. The molecule has 4 aromatic carbocycles. The SMILES string of the molecule is CC(=O)c1cc([N+](C)=O)ccc1CC1C(=O)c2ccc(Oc3ccc4c(c3)C(=O)N(Cc3ccc([N+](C)=O)cc3[N+](C)=O)C4=O)cc2C1=O. The molecule has 1 unspecified atom stereocenters. The maximum absolute atomic E-state index is 13.5. The molecule has 2 amide bonds. The van der Waals surface area contributed by atoms with Gasteiger partial charge < -0.3 is 4.74 Å². The Balaban J connectivity index is 1.21. The number of amides is 2. The molecule has 0 saturated heterocycles. The Labute approximate surface area is 278 Å². The smallest absolute Gasteiger partial charge is 0.267 e. The molecule has 49 heavy (non-hydrogen) atoms. The number of ketones is 3. The number of benzene rings is 4. The van der Waals surface area contributed by atoms with Crippen LogP contribution in [0.15, 0.2) is 72.8 Å². The second kappa shape index (κ2) is 12.3. The number of carbonyl (C=O) groups excluding carboxylic acids is 5. The standard InChI is InChI=1S/C36H29N4O9/c1-19(41)28-14-22(37(2)46)7-5-20(28)13-31-33(42)26-11-9-24(16-29(26)34(31)43)49-25-10-12-27-30(17-25)36(45)40(35(27)44)18-21-6-8-23(38(3)47)15-32(21)39(4)48/h5-12,14-17,31H,13,18H2,1-4H3/q+3. The zero-order valence-corrected chi connectivity index (χ0v) is 26.9. The molecule has 0 N–H and O–H groups in total. The van der Waals surface area contributed by atoms with Crippen molar-refractivity contribution in [3.05, 3.63) is 126 Å². The Hall–Kier alpha value is -6.37. The van der Waals surface area contributed by atoms with Gasteiger partial charge in [-0.3, -0.25) is 28.9 Å². The van der Waals surface area contributed by atoms with E-state index in [9.17, 15) is 38.7 Å². The number of Topliss-reactive ketones (excluding diaryl/α,β-unsaturated/α-hetero) is 3. The van der Waals surface area contributed by atoms with Gasteiger partial charge in [-0.05, 0) is 61.4 Å². The molecule has 0 aromatic heterocycles. The molecular formula is C36H29N4O9+3. The average Bonchev–Trinajstić information content (AvgIpc) is 3.44. The Morgan fingerprint density at radius 1 is 0.653 bits per heavy atom. The Morgan fingerprint density at radius 2 is 1.20 bits per heavy atom. The van der Waals surface area contributed by atoms with Gasteiger partial charge in [-0.2, -0.15) is 0 Å². The minimum atomic E-state index is -1.06. The van der Waals surface area contributed by atoms with Crippen molar-refractivity contribution in [1.29, 1.82) is 0 Å². The van der Waals surface area contributed by atoms with Gasteiger partial charge in [0.25, 0.3) is 28.9 Å². The number of imide groups is 1. The Kier molecular flexibility index (Phi) is 8.20. The molecule has 244 valence electrons. The number of fused-ring (bicyclic) bond motifs is 2. The third-order valence-corrected chi connectivity index (χ3v) is 8.69. The molecule has 0 fully saturated rings. The first-order valence-corrected chi connectivity index (χ1v) is 15.1. The highest BCUT2D eigenvalue weighted by Gasteiger charge is 2.40. The summed E-state index contributed by atoms with van der Waals surface area (Å²) in [5.41, 5.74) is 2.34. The second-order valence-corrected chi connectivity index (χ2v) is 11.9. The van der Waals surface area contributed by atoms with Gasteiger partial charge in [0.15, 0.2) is 38.5 Å². The third-order valence-electron chi connectivity index (χ3n) is 8.69. The molecule has 1 atom stereocenters. The van der Waals surface area contributed by atoms with Crippen molar-refractivity contribution in [2.75, 3.05) is 21.1 Å². The van der Waals surface area contributed by atoms with Crippen molar-refractivity contribution >= 4 is 46.2 Å². The van der Waals surface area contributed by atoms with Gasteiger partial charge in [-0.15, -0.1) is 0 Å². The van der Waals surface area contributed by atoms with E-state index in [2.05, 4.69) is 0 Å². The van der Waals surface area contributed by atoms with E-state index in [4.69, 9.17) is 4.74 Å². The summed E-state index contributed by atoms with van der Waals surface area (Å²) in [5.74, 6) is -2.95. The maximum Gasteiger partial charge on any atom is 0.267 e. The number of carbonyl (C=O) groups is 5. The number of rotatable bonds is 10. The number of hydrogen-bond acceptors (Lipinski definition) is 9. The van der Waals surface area contributed by atoms with E-state index in [1.807, 2.05) is 0 Å². The minimum Gasteiger partial charge on any atom is -0.457 e. The van der Waals surface area contributed by atoms with Crippen molar-refractivity contribution < 1.29 is 43.0 Å². The molecule has 0 saturated carbocycles. The van der Waals surface area contributed by atoms with Crippen LogP contribution in [-0.4, -0.2) is 69.5 Å². The lowest BCUT2D eigenvalue weighted by Gasteiger charge is -2.13. The van der Waals surface area contributed by atoms with Gasteiger partial charge in [0.1, 0.15) is 11.5 Å². The van der Waals surface area contributed by atoms with Crippen LogP contribution >= 0.6 is 0 Å².